The fourth-order valence-electron chi connectivity index (χ4n) is 3.00. The number of carbonyl (C=O) groups excluding carboxylic acids is 1. The predicted molar refractivity (Wildman–Crippen MR) is 108 cm³/mol. The second kappa shape index (κ2) is 8.26. The molecule has 1 heterocycles. The zero-order valence-corrected chi connectivity index (χ0v) is 16.1. The molecule has 8 heteroatoms. The first kappa shape index (κ1) is 19.0. The van der Waals surface area contributed by atoms with E-state index in [1.165, 1.54) is 7.11 Å². The van der Waals surface area contributed by atoms with Gasteiger partial charge in [-0.25, -0.2) is 4.79 Å². The van der Waals surface area contributed by atoms with Crippen LogP contribution in [-0.4, -0.2) is 51.3 Å². The summed E-state index contributed by atoms with van der Waals surface area (Å²) >= 11 is 6.28. The van der Waals surface area contributed by atoms with Crippen molar-refractivity contribution in [2.24, 2.45) is 0 Å². The molecule has 27 heavy (non-hydrogen) atoms. The molecule has 0 bridgehead atoms. The van der Waals surface area contributed by atoms with Crippen LogP contribution in [0.25, 0.3) is 0 Å². The highest BCUT2D eigenvalue weighted by Gasteiger charge is 2.23. The molecule has 3 N–H and O–H groups in total. The Hall–Kier alpha value is -2.80. The highest BCUT2D eigenvalue weighted by Crippen LogP contribution is 2.37. The molecule has 1 aliphatic heterocycles. The maximum Gasteiger partial charge on any atom is 0.322 e. The Balaban J connectivity index is 1.64. The van der Waals surface area contributed by atoms with Crippen molar-refractivity contribution in [3.8, 4) is 11.5 Å². The molecular formula is C19H23ClN4O3. The van der Waals surface area contributed by atoms with Gasteiger partial charge >= 0.3 is 6.03 Å². The largest absolute Gasteiger partial charge is 0.497 e. The molecule has 0 atom stereocenters. The molecule has 0 aliphatic carbocycles. The normalized spacial score (nSPS) is 14.0. The molecule has 0 spiro atoms. The molecule has 144 valence electrons. The third kappa shape index (κ3) is 4.31. The number of hydrogen-bond donors (Lipinski definition) is 2. The van der Waals surface area contributed by atoms with Crippen LogP contribution in [-0.2, 0) is 0 Å². The van der Waals surface area contributed by atoms with E-state index in [0.717, 1.165) is 24.5 Å². The minimum Gasteiger partial charge on any atom is -0.497 e. The molecule has 1 aliphatic rings. The van der Waals surface area contributed by atoms with E-state index < -0.39 is 0 Å². The second-order valence-corrected chi connectivity index (χ2v) is 6.59. The van der Waals surface area contributed by atoms with Crippen molar-refractivity contribution in [2.75, 3.05) is 56.3 Å². The van der Waals surface area contributed by atoms with E-state index in [4.69, 9.17) is 26.8 Å². The van der Waals surface area contributed by atoms with Gasteiger partial charge in [0.1, 0.15) is 17.2 Å². The van der Waals surface area contributed by atoms with Gasteiger partial charge in [0.25, 0.3) is 0 Å². The number of ether oxygens (including phenoxy) is 2. The summed E-state index contributed by atoms with van der Waals surface area (Å²) in [6, 6.07) is 10.9. The van der Waals surface area contributed by atoms with Gasteiger partial charge in [0.05, 0.1) is 19.2 Å². The van der Waals surface area contributed by atoms with Gasteiger partial charge < -0.3 is 30.3 Å². The highest BCUT2D eigenvalue weighted by molar-refractivity contribution is 6.34. The Morgan fingerprint density at radius 1 is 1.07 bits per heavy atom. The topological polar surface area (TPSA) is 80.1 Å². The van der Waals surface area contributed by atoms with E-state index >= 15 is 0 Å². The van der Waals surface area contributed by atoms with Crippen LogP contribution in [0.1, 0.15) is 0 Å². The number of rotatable bonds is 4. The molecule has 1 saturated heterocycles. The van der Waals surface area contributed by atoms with E-state index in [1.54, 1.807) is 24.1 Å². The van der Waals surface area contributed by atoms with Crippen molar-refractivity contribution in [3.63, 3.8) is 0 Å². The lowest BCUT2D eigenvalue weighted by Crippen LogP contribution is -2.50. The Kier molecular flexibility index (Phi) is 5.81. The van der Waals surface area contributed by atoms with Gasteiger partial charge in [0.2, 0.25) is 0 Å². The number of nitrogens with two attached hydrogens (primary N) is 1. The lowest BCUT2D eigenvalue weighted by molar-refractivity contribution is 0.208. The molecule has 0 saturated carbocycles. The van der Waals surface area contributed by atoms with E-state index in [0.29, 0.717) is 35.3 Å². The van der Waals surface area contributed by atoms with Crippen LogP contribution in [0.5, 0.6) is 11.5 Å². The Labute approximate surface area is 163 Å². The monoisotopic (exact) mass is 390 g/mol. The third-order valence-electron chi connectivity index (χ3n) is 4.54. The number of nitrogen functional groups attached to an aromatic ring is 1. The Morgan fingerprint density at radius 2 is 1.74 bits per heavy atom. The van der Waals surface area contributed by atoms with Crippen molar-refractivity contribution < 1.29 is 14.3 Å². The predicted octanol–water partition coefficient (Wildman–Crippen LogP) is 3.29. The van der Waals surface area contributed by atoms with Crippen molar-refractivity contribution in [3.05, 3.63) is 41.4 Å². The van der Waals surface area contributed by atoms with E-state index in [2.05, 4.69) is 10.2 Å². The van der Waals surface area contributed by atoms with E-state index in [9.17, 15) is 4.79 Å². The summed E-state index contributed by atoms with van der Waals surface area (Å²) in [5.74, 6) is 1.01. The molecule has 3 rings (SSSR count). The van der Waals surface area contributed by atoms with Crippen LogP contribution in [0.15, 0.2) is 36.4 Å². The lowest BCUT2D eigenvalue weighted by Gasteiger charge is -2.36. The van der Waals surface area contributed by atoms with Crippen molar-refractivity contribution in [1.82, 2.24) is 4.90 Å². The number of piperazine rings is 1. The number of methoxy groups -OCH3 is 2. The second-order valence-electron chi connectivity index (χ2n) is 6.18. The summed E-state index contributed by atoms with van der Waals surface area (Å²) in [5.41, 5.74) is 8.01. The molecular weight excluding hydrogens is 368 g/mol. The first-order valence-electron chi connectivity index (χ1n) is 8.59. The zero-order chi connectivity index (χ0) is 19.4. The number of urea groups is 1. The van der Waals surface area contributed by atoms with Crippen LogP contribution in [0.2, 0.25) is 5.02 Å². The minimum atomic E-state index is -0.211. The van der Waals surface area contributed by atoms with E-state index in [1.807, 2.05) is 24.3 Å². The maximum absolute atomic E-state index is 12.7. The van der Waals surface area contributed by atoms with E-state index in [-0.39, 0.29) is 6.03 Å². The number of nitrogens with zero attached hydrogens (tertiary/aromatic N) is 2. The number of nitrogens with one attached hydrogen (secondary N) is 1. The van der Waals surface area contributed by atoms with Gasteiger partial charge in [-0.3, -0.25) is 0 Å². The molecule has 2 aromatic carbocycles. The van der Waals surface area contributed by atoms with Crippen LogP contribution >= 0.6 is 11.6 Å². The van der Waals surface area contributed by atoms with Gasteiger partial charge in [-0.05, 0) is 24.3 Å². The lowest BCUT2D eigenvalue weighted by atomic mass is 10.2. The molecule has 1 fully saturated rings. The molecule has 0 aromatic heterocycles. The third-order valence-corrected chi connectivity index (χ3v) is 4.84. The standard InChI is InChI=1S/C19H23ClN4O3/c1-26-15-11-16(20)18(17(12-15)27-2)22-19(25)24-9-7-23(8-10-24)14-5-3-13(21)4-6-14/h3-6,11-12H,7-10,21H2,1-2H3,(H,22,25). The molecule has 7 nitrogen and oxygen atoms in total. The Bertz CT molecular complexity index is 805. The van der Waals surface area contributed by atoms with Crippen molar-refractivity contribution in [1.29, 1.82) is 0 Å². The van der Waals surface area contributed by atoms with Crippen molar-refractivity contribution in [2.45, 2.75) is 0 Å². The average molecular weight is 391 g/mol. The summed E-state index contributed by atoms with van der Waals surface area (Å²) in [4.78, 5) is 16.6. The minimum absolute atomic E-state index is 0.211. The van der Waals surface area contributed by atoms with Crippen molar-refractivity contribution >= 4 is 34.7 Å². The summed E-state index contributed by atoms with van der Waals surface area (Å²) in [7, 11) is 3.07. The molecule has 2 aromatic rings. The SMILES string of the molecule is COc1cc(Cl)c(NC(=O)N2CCN(c3ccc(N)cc3)CC2)c(OC)c1. The van der Waals surface area contributed by atoms with Crippen LogP contribution in [0, 0.1) is 0 Å². The molecule has 2 amide bonds. The smallest absolute Gasteiger partial charge is 0.322 e. The fraction of sp³-hybridized carbons (Fsp3) is 0.316. The van der Waals surface area contributed by atoms with Gasteiger partial charge in [-0.1, -0.05) is 11.6 Å². The van der Waals surface area contributed by atoms with Gasteiger partial charge in [-0.15, -0.1) is 0 Å². The summed E-state index contributed by atoms with van der Waals surface area (Å²) in [5, 5.41) is 3.21. The number of anilines is 3. The van der Waals surface area contributed by atoms with Gasteiger partial charge in [-0.2, -0.15) is 0 Å². The summed E-state index contributed by atoms with van der Waals surface area (Å²) in [6.07, 6.45) is 0. The first-order valence-corrected chi connectivity index (χ1v) is 8.97. The summed E-state index contributed by atoms with van der Waals surface area (Å²) in [6.45, 7) is 2.69. The van der Waals surface area contributed by atoms with Crippen LogP contribution in [0.4, 0.5) is 21.9 Å². The molecule has 0 unspecified atom stereocenters. The van der Waals surface area contributed by atoms with Gasteiger partial charge in [0.15, 0.2) is 0 Å². The first-order chi connectivity index (χ1) is 13.0. The maximum atomic E-state index is 12.7. The molecule has 0 radical (unpaired) electrons. The Morgan fingerprint density at radius 3 is 2.33 bits per heavy atom. The number of carbonyl (C=O) groups is 1. The fourth-order valence-corrected chi connectivity index (χ4v) is 3.24. The van der Waals surface area contributed by atoms with Crippen LogP contribution in [0.3, 0.4) is 0 Å². The number of halogens is 1. The number of hydrogen-bond acceptors (Lipinski definition) is 5. The summed E-state index contributed by atoms with van der Waals surface area (Å²) < 4.78 is 10.5. The zero-order valence-electron chi connectivity index (χ0n) is 15.4. The highest BCUT2D eigenvalue weighted by atomic mass is 35.5. The number of benzene rings is 2. The average Bonchev–Trinajstić information content (AvgIpc) is 2.69. The number of amides is 2. The van der Waals surface area contributed by atoms with Crippen LogP contribution < -0.4 is 25.4 Å². The van der Waals surface area contributed by atoms with Gasteiger partial charge in [0, 0.05) is 49.7 Å². The quantitative estimate of drug-likeness (QED) is 0.783.